The average Bonchev–Trinajstić information content (AvgIpc) is 2.34. The quantitative estimate of drug-likeness (QED) is 0.0211. The maximum absolute atomic E-state index is 12.9. The van der Waals surface area contributed by atoms with Crippen LogP contribution in [0, 0.1) is 0 Å². The summed E-state index contributed by atoms with van der Waals surface area (Å²) in [5.74, 6) is -0.781. The van der Waals surface area contributed by atoms with Crippen LogP contribution in [0.4, 0.5) is 0 Å². The Morgan fingerprint density at radius 3 is 0.924 bits per heavy atom. The zero-order valence-corrected chi connectivity index (χ0v) is 61.9. The molecule has 0 aliphatic heterocycles. The molecule has 0 spiro atoms. The number of carbonyl (C=O) groups excluding carboxylic acids is 2. The summed E-state index contributed by atoms with van der Waals surface area (Å²) in [6, 6.07) is 0. The van der Waals surface area contributed by atoms with Crippen LogP contribution in [-0.2, 0) is 32.7 Å². The van der Waals surface area contributed by atoms with Crippen molar-refractivity contribution < 1.29 is 42.1 Å². The van der Waals surface area contributed by atoms with Crippen molar-refractivity contribution in [1.82, 2.24) is 0 Å². The Labute approximate surface area is 570 Å². The van der Waals surface area contributed by atoms with Crippen molar-refractivity contribution in [2.75, 3.05) is 47.5 Å². The molecule has 1 N–H and O–H groups in total. The number of nitrogens with zero attached hydrogens (tertiary/aromatic N) is 1. The highest BCUT2D eigenvalue weighted by molar-refractivity contribution is 7.47. The molecule has 0 aliphatic carbocycles. The highest BCUT2D eigenvalue weighted by Crippen LogP contribution is 2.43. The number of carbonyl (C=O) groups is 2. The predicted octanol–water partition coefficient (Wildman–Crippen LogP) is 25.8. The van der Waals surface area contributed by atoms with Gasteiger partial charge in [0.25, 0.3) is 0 Å². The van der Waals surface area contributed by atoms with Gasteiger partial charge in [-0.1, -0.05) is 349 Å². The van der Waals surface area contributed by atoms with Gasteiger partial charge in [0.1, 0.15) is 19.8 Å². The maximum Gasteiger partial charge on any atom is 0.472 e. The summed E-state index contributed by atoms with van der Waals surface area (Å²) >= 11 is 0. The Bertz CT molecular complexity index is 1880. The largest absolute Gasteiger partial charge is 0.472 e. The van der Waals surface area contributed by atoms with E-state index in [1.165, 1.54) is 250 Å². The first-order valence-corrected chi connectivity index (χ1v) is 40.5. The van der Waals surface area contributed by atoms with Crippen LogP contribution in [0.2, 0.25) is 0 Å². The third kappa shape index (κ3) is 76.0. The van der Waals surface area contributed by atoms with Crippen molar-refractivity contribution in [3.63, 3.8) is 0 Å². The molecule has 9 nitrogen and oxygen atoms in total. The van der Waals surface area contributed by atoms with E-state index in [9.17, 15) is 19.0 Å². The summed E-state index contributed by atoms with van der Waals surface area (Å²) in [4.78, 5) is 36.0. The van der Waals surface area contributed by atoms with Gasteiger partial charge in [-0.3, -0.25) is 18.6 Å². The second-order valence-electron chi connectivity index (χ2n) is 27.4. The summed E-state index contributed by atoms with van der Waals surface area (Å²) in [6.07, 6.45) is 101. The molecule has 0 rings (SSSR count). The monoisotopic (exact) mass is 1310 g/mol. The van der Waals surface area contributed by atoms with Gasteiger partial charge in [-0.25, -0.2) is 4.57 Å². The van der Waals surface area contributed by atoms with E-state index in [1.54, 1.807) is 0 Å². The van der Waals surface area contributed by atoms with Crippen molar-refractivity contribution in [1.29, 1.82) is 0 Å². The number of allylic oxidation sites excluding steroid dienone is 16. The van der Waals surface area contributed by atoms with Crippen molar-refractivity contribution in [2.45, 2.75) is 367 Å². The van der Waals surface area contributed by atoms with Gasteiger partial charge in [0.15, 0.2) is 6.10 Å². The fourth-order valence-corrected chi connectivity index (χ4v) is 11.9. The molecule has 0 saturated heterocycles. The standard InChI is InChI=1S/C82H148NO8P/c1-6-8-10-12-14-16-18-20-22-24-26-28-30-32-34-36-38-39-40-41-42-43-45-47-49-51-53-55-57-59-61-63-65-67-69-71-73-75-82(85)91-80(79-90-92(86,87)89-77-76-83(3,4)5)78-88-81(84)74-72-70-68-66-64-62-60-58-56-54-52-50-48-46-44-37-35-33-31-29-27-25-23-21-19-17-15-13-11-9-7-2/h8,10,14,16,19-22,25-28,32,34,38-39,80H,6-7,9,11-13,15,17-18,23-24,29-31,33,35-37,40-79H2,1-5H3/p+1/b10-8-,16-14-,21-19-,22-20-,27-25-,28-26-,34-32-,39-38-. The van der Waals surface area contributed by atoms with Crippen LogP contribution in [0.1, 0.15) is 361 Å². The molecule has 0 radical (unpaired) electrons. The van der Waals surface area contributed by atoms with Crippen LogP contribution >= 0.6 is 7.82 Å². The van der Waals surface area contributed by atoms with Crippen LogP contribution < -0.4 is 0 Å². The summed E-state index contributed by atoms with van der Waals surface area (Å²) in [7, 11) is 1.49. The van der Waals surface area contributed by atoms with Crippen molar-refractivity contribution in [3.05, 3.63) is 97.2 Å². The first-order valence-electron chi connectivity index (χ1n) is 39.0. The zero-order valence-electron chi connectivity index (χ0n) is 61.0. The van der Waals surface area contributed by atoms with E-state index in [0.29, 0.717) is 23.9 Å². The normalized spacial score (nSPS) is 13.6. The highest BCUT2D eigenvalue weighted by Gasteiger charge is 2.27. The third-order valence-electron chi connectivity index (χ3n) is 17.1. The number of phosphoric acid groups is 1. The summed E-state index contributed by atoms with van der Waals surface area (Å²) in [5, 5.41) is 0. The summed E-state index contributed by atoms with van der Waals surface area (Å²) in [6.45, 7) is 4.36. The van der Waals surface area contributed by atoms with Crippen molar-refractivity contribution in [3.8, 4) is 0 Å². The Morgan fingerprint density at radius 2 is 0.620 bits per heavy atom. The molecule has 0 heterocycles. The number of likely N-dealkylation sites (N-methyl/N-ethyl adjacent to an activating group) is 1. The van der Waals surface area contributed by atoms with Crippen LogP contribution in [-0.4, -0.2) is 74.9 Å². The molecule has 0 aliphatic rings. The fraction of sp³-hybridized carbons (Fsp3) is 0.780. The Morgan fingerprint density at radius 1 is 0.348 bits per heavy atom. The maximum atomic E-state index is 12.9. The van der Waals surface area contributed by atoms with E-state index in [4.69, 9.17) is 18.5 Å². The van der Waals surface area contributed by atoms with Crippen LogP contribution in [0.3, 0.4) is 0 Å². The first kappa shape index (κ1) is 88.9. The number of hydrogen-bond acceptors (Lipinski definition) is 7. The number of unbranched alkanes of at least 4 members (excludes halogenated alkanes) is 42. The zero-order chi connectivity index (χ0) is 66.9. The Kier molecular flexibility index (Phi) is 69.8. The summed E-state index contributed by atoms with van der Waals surface area (Å²) in [5.41, 5.74) is 0. The number of ether oxygens (including phenoxy) is 2. The number of hydrogen-bond donors (Lipinski definition) is 1. The minimum Gasteiger partial charge on any atom is -0.462 e. The molecule has 0 amide bonds. The average molecular weight is 1310 g/mol. The Balaban J connectivity index is 3.96. The van der Waals surface area contributed by atoms with E-state index >= 15 is 0 Å². The van der Waals surface area contributed by atoms with Gasteiger partial charge in [-0.15, -0.1) is 0 Å². The molecular weight excluding hydrogens is 1160 g/mol. The topological polar surface area (TPSA) is 108 Å². The third-order valence-corrected chi connectivity index (χ3v) is 18.1. The molecule has 0 fully saturated rings. The molecule has 0 aromatic carbocycles. The second-order valence-corrected chi connectivity index (χ2v) is 28.8. The Hall–Kier alpha value is -3.07. The molecule has 2 unspecified atom stereocenters. The van der Waals surface area contributed by atoms with Crippen LogP contribution in [0.15, 0.2) is 97.2 Å². The molecule has 2 atom stereocenters. The van der Waals surface area contributed by atoms with E-state index in [1.807, 2.05) is 21.1 Å². The molecule has 0 saturated carbocycles. The van der Waals surface area contributed by atoms with Gasteiger partial charge in [-0.05, 0) is 96.3 Å². The minimum absolute atomic E-state index is 0.0314. The van der Waals surface area contributed by atoms with Gasteiger partial charge in [0, 0.05) is 12.8 Å². The van der Waals surface area contributed by atoms with E-state index in [0.717, 1.165) is 77.0 Å². The van der Waals surface area contributed by atoms with E-state index in [-0.39, 0.29) is 25.6 Å². The van der Waals surface area contributed by atoms with Crippen molar-refractivity contribution >= 4 is 19.8 Å². The van der Waals surface area contributed by atoms with Gasteiger partial charge in [0.2, 0.25) is 0 Å². The first-order chi connectivity index (χ1) is 45.0. The second kappa shape index (κ2) is 72.2. The predicted molar refractivity (Wildman–Crippen MR) is 399 cm³/mol. The van der Waals surface area contributed by atoms with Gasteiger partial charge in [-0.2, -0.15) is 0 Å². The summed E-state index contributed by atoms with van der Waals surface area (Å²) < 4.78 is 34.8. The van der Waals surface area contributed by atoms with Crippen molar-refractivity contribution in [2.24, 2.45) is 0 Å². The van der Waals surface area contributed by atoms with E-state index in [2.05, 4.69) is 111 Å². The lowest BCUT2D eigenvalue weighted by Crippen LogP contribution is -2.37. The molecular formula is C82H149NO8P+. The number of esters is 2. The number of quaternary nitrogens is 1. The van der Waals surface area contributed by atoms with Gasteiger partial charge in [0.05, 0.1) is 27.7 Å². The van der Waals surface area contributed by atoms with Gasteiger partial charge < -0.3 is 18.9 Å². The lowest BCUT2D eigenvalue weighted by atomic mass is 10.0. The molecule has 0 aromatic rings. The van der Waals surface area contributed by atoms with Crippen LogP contribution in [0.5, 0.6) is 0 Å². The molecule has 10 heteroatoms. The molecule has 0 aromatic heterocycles. The lowest BCUT2D eigenvalue weighted by molar-refractivity contribution is -0.870. The fourth-order valence-electron chi connectivity index (χ4n) is 11.2. The molecule has 92 heavy (non-hydrogen) atoms. The number of phosphoric ester groups is 1. The van der Waals surface area contributed by atoms with E-state index < -0.39 is 26.5 Å². The van der Waals surface area contributed by atoms with Crippen LogP contribution in [0.25, 0.3) is 0 Å². The smallest absolute Gasteiger partial charge is 0.462 e. The lowest BCUT2D eigenvalue weighted by Gasteiger charge is -2.24. The molecule has 534 valence electrons. The SMILES string of the molecule is CC/C=C\C/C=C\C/C=C\C/C=C\C/C=C\C/C=C\CCCCCCCCCCCCCCCCCCCCC(=O)OC(COC(=O)CCCCCCCCCCCCCCCCCCCCC/C=C\C/C=C\CCCCCCC)COP(=O)(O)OCC[N+](C)(C)C. The minimum atomic E-state index is -4.40. The highest BCUT2D eigenvalue weighted by atomic mass is 31.2. The van der Waals surface area contributed by atoms with Gasteiger partial charge >= 0.3 is 19.8 Å². The molecule has 0 bridgehead atoms. The number of rotatable bonds is 72.